The maximum atomic E-state index is 10.6. The molecule has 0 fully saturated rings. The highest BCUT2D eigenvalue weighted by Gasteiger charge is 2.09. The van der Waals surface area contributed by atoms with Crippen LogP contribution in [0.15, 0.2) is 12.1 Å². The topological polar surface area (TPSA) is 49.4 Å². The Kier molecular flexibility index (Phi) is 3.01. The second kappa shape index (κ2) is 3.85. The number of halogens is 2. The van der Waals surface area contributed by atoms with Crippen molar-refractivity contribution in [2.45, 2.75) is 0 Å². The molecule has 1 aromatic carbocycles. The molecule has 0 N–H and O–H groups in total. The third kappa shape index (κ3) is 2.05. The molecule has 70 valence electrons. The van der Waals surface area contributed by atoms with Gasteiger partial charge < -0.3 is 14.6 Å². The smallest absolute Gasteiger partial charge is 0.146 e. The van der Waals surface area contributed by atoms with Gasteiger partial charge in [0.25, 0.3) is 0 Å². The molecule has 5 heteroatoms. The zero-order valence-corrected chi connectivity index (χ0v) is 8.15. The van der Waals surface area contributed by atoms with Crippen molar-refractivity contribution in [3.05, 3.63) is 27.7 Å². The monoisotopic (exact) mass is 219 g/mol. The number of carbonyl (C=O) groups excluding carboxylic acids is 1. The minimum atomic E-state index is -1.37. The van der Waals surface area contributed by atoms with Crippen LogP contribution >= 0.6 is 23.2 Å². The number of ether oxygens (including phenoxy) is 1. The van der Waals surface area contributed by atoms with E-state index in [2.05, 4.69) is 0 Å². The SMILES string of the molecule is COc1c(Cl)cc(Cl)cc1C(=O)[O-]. The third-order valence-corrected chi connectivity index (χ3v) is 1.93. The number of rotatable bonds is 2. The molecule has 1 aromatic rings. The first-order chi connectivity index (χ1) is 6.06. The standard InChI is InChI=1S/C8H6Cl2O3/c1-13-7-5(8(11)12)2-4(9)3-6(7)10/h2-3H,1H3,(H,11,12)/p-1. The predicted molar refractivity (Wildman–Crippen MR) is 47.3 cm³/mol. The van der Waals surface area contributed by atoms with E-state index in [1.807, 2.05) is 0 Å². The Morgan fingerprint density at radius 3 is 2.54 bits per heavy atom. The molecule has 3 nitrogen and oxygen atoms in total. The highest BCUT2D eigenvalue weighted by molar-refractivity contribution is 6.36. The summed E-state index contributed by atoms with van der Waals surface area (Å²) in [6.07, 6.45) is 0. The molecule has 0 heterocycles. The molecule has 13 heavy (non-hydrogen) atoms. The van der Waals surface area contributed by atoms with Crippen molar-refractivity contribution in [2.75, 3.05) is 7.11 Å². The molecule has 0 radical (unpaired) electrons. The first-order valence-corrected chi connectivity index (χ1v) is 4.06. The Morgan fingerprint density at radius 1 is 1.46 bits per heavy atom. The van der Waals surface area contributed by atoms with E-state index in [1.54, 1.807) is 0 Å². The molecule has 0 saturated heterocycles. The van der Waals surface area contributed by atoms with Crippen molar-refractivity contribution in [3.8, 4) is 5.75 Å². The number of carboxylic acid groups (broad SMARTS) is 1. The van der Waals surface area contributed by atoms with Crippen LogP contribution < -0.4 is 9.84 Å². The summed E-state index contributed by atoms with van der Waals surface area (Å²) in [6.45, 7) is 0. The van der Waals surface area contributed by atoms with Gasteiger partial charge in [0, 0.05) is 10.6 Å². The lowest BCUT2D eigenvalue weighted by molar-refractivity contribution is -0.255. The van der Waals surface area contributed by atoms with Gasteiger partial charge in [0.2, 0.25) is 0 Å². The molecule has 0 aliphatic carbocycles. The van der Waals surface area contributed by atoms with Crippen LogP contribution in [0.25, 0.3) is 0 Å². The lowest BCUT2D eigenvalue weighted by Crippen LogP contribution is -2.23. The number of aromatic carboxylic acids is 1. The second-order valence-corrected chi connectivity index (χ2v) is 3.10. The minimum Gasteiger partial charge on any atom is -0.545 e. The van der Waals surface area contributed by atoms with Crippen molar-refractivity contribution in [1.29, 1.82) is 0 Å². The van der Waals surface area contributed by atoms with E-state index in [-0.39, 0.29) is 21.4 Å². The predicted octanol–water partition coefficient (Wildman–Crippen LogP) is 1.37. The maximum Gasteiger partial charge on any atom is 0.146 e. The van der Waals surface area contributed by atoms with Crippen LogP contribution in [0.3, 0.4) is 0 Å². The van der Waals surface area contributed by atoms with Gasteiger partial charge in [0.1, 0.15) is 5.75 Å². The van der Waals surface area contributed by atoms with Crippen LogP contribution in [0, 0.1) is 0 Å². The van der Waals surface area contributed by atoms with E-state index < -0.39 is 5.97 Å². The second-order valence-electron chi connectivity index (χ2n) is 2.26. The lowest BCUT2D eigenvalue weighted by atomic mass is 10.2. The van der Waals surface area contributed by atoms with Crippen molar-refractivity contribution < 1.29 is 14.6 Å². The molecule has 0 spiro atoms. The van der Waals surface area contributed by atoms with Crippen molar-refractivity contribution >= 4 is 29.2 Å². The van der Waals surface area contributed by atoms with Crippen LogP contribution in [0.1, 0.15) is 10.4 Å². The van der Waals surface area contributed by atoms with Gasteiger partial charge in [0.15, 0.2) is 0 Å². The summed E-state index contributed by atoms with van der Waals surface area (Å²) in [7, 11) is 1.32. The summed E-state index contributed by atoms with van der Waals surface area (Å²) in [4.78, 5) is 10.6. The Morgan fingerprint density at radius 2 is 2.08 bits per heavy atom. The summed E-state index contributed by atoms with van der Waals surface area (Å²) in [5.74, 6) is -1.31. The summed E-state index contributed by atoms with van der Waals surface area (Å²) in [5.41, 5.74) is -0.153. The molecule has 0 aliphatic rings. The van der Waals surface area contributed by atoms with Crippen molar-refractivity contribution in [2.24, 2.45) is 0 Å². The molecular formula is C8H5Cl2O3-. The van der Waals surface area contributed by atoms with Gasteiger partial charge in [0.05, 0.1) is 18.1 Å². The fourth-order valence-electron chi connectivity index (χ4n) is 0.919. The Bertz CT molecular complexity index is 349. The van der Waals surface area contributed by atoms with E-state index >= 15 is 0 Å². The number of hydrogen-bond acceptors (Lipinski definition) is 3. The van der Waals surface area contributed by atoms with Gasteiger partial charge in [-0.1, -0.05) is 23.2 Å². The van der Waals surface area contributed by atoms with Crippen LogP contribution in [0.2, 0.25) is 10.0 Å². The van der Waals surface area contributed by atoms with E-state index in [0.29, 0.717) is 0 Å². The molecule has 0 bridgehead atoms. The maximum absolute atomic E-state index is 10.6. The number of carbonyl (C=O) groups is 1. The van der Waals surface area contributed by atoms with E-state index in [1.165, 1.54) is 19.2 Å². The quantitative estimate of drug-likeness (QED) is 0.756. The normalized spacial score (nSPS) is 9.77. The van der Waals surface area contributed by atoms with Gasteiger partial charge >= 0.3 is 0 Å². The fraction of sp³-hybridized carbons (Fsp3) is 0.125. The van der Waals surface area contributed by atoms with Crippen LogP contribution in [0.5, 0.6) is 5.75 Å². The highest BCUT2D eigenvalue weighted by Crippen LogP contribution is 2.31. The number of methoxy groups -OCH3 is 1. The molecule has 0 unspecified atom stereocenters. The van der Waals surface area contributed by atoms with Crippen LogP contribution in [-0.2, 0) is 0 Å². The largest absolute Gasteiger partial charge is 0.545 e. The average molecular weight is 220 g/mol. The molecule has 0 amide bonds. The average Bonchev–Trinajstić information content (AvgIpc) is 2.02. The molecule has 0 saturated carbocycles. The van der Waals surface area contributed by atoms with E-state index in [9.17, 15) is 9.90 Å². The first kappa shape index (κ1) is 10.2. The summed E-state index contributed by atoms with van der Waals surface area (Å²) in [6, 6.07) is 2.62. The first-order valence-electron chi connectivity index (χ1n) is 3.30. The minimum absolute atomic E-state index is 0.0612. The van der Waals surface area contributed by atoms with Crippen LogP contribution in [-0.4, -0.2) is 13.1 Å². The summed E-state index contributed by atoms with van der Waals surface area (Å²) in [5, 5.41) is 11.0. The van der Waals surface area contributed by atoms with Crippen molar-refractivity contribution in [3.63, 3.8) is 0 Å². The summed E-state index contributed by atoms with van der Waals surface area (Å²) >= 11 is 11.3. The van der Waals surface area contributed by atoms with Gasteiger partial charge in [-0.2, -0.15) is 0 Å². The molecular weight excluding hydrogens is 215 g/mol. The third-order valence-electron chi connectivity index (χ3n) is 1.43. The number of hydrogen-bond donors (Lipinski definition) is 0. The molecule has 1 rings (SSSR count). The van der Waals surface area contributed by atoms with E-state index in [0.717, 1.165) is 0 Å². The summed E-state index contributed by atoms with van der Waals surface area (Å²) < 4.78 is 4.78. The lowest BCUT2D eigenvalue weighted by Gasteiger charge is -2.11. The number of carboxylic acids is 1. The molecule has 0 aliphatic heterocycles. The van der Waals surface area contributed by atoms with Crippen molar-refractivity contribution in [1.82, 2.24) is 0 Å². The van der Waals surface area contributed by atoms with Gasteiger partial charge in [-0.3, -0.25) is 0 Å². The zero-order chi connectivity index (χ0) is 10.0. The fourth-order valence-corrected chi connectivity index (χ4v) is 1.49. The van der Waals surface area contributed by atoms with Crippen LogP contribution in [0.4, 0.5) is 0 Å². The Balaban J connectivity index is 3.38. The van der Waals surface area contributed by atoms with Gasteiger partial charge in [-0.15, -0.1) is 0 Å². The van der Waals surface area contributed by atoms with E-state index in [4.69, 9.17) is 27.9 Å². The highest BCUT2D eigenvalue weighted by atomic mass is 35.5. The van der Waals surface area contributed by atoms with Gasteiger partial charge in [-0.05, 0) is 12.1 Å². The van der Waals surface area contributed by atoms with Gasteiger partial charge in [-0.25, -0.2) is 0 Å². The molecule has 0 atom stereocenters. The zero-order valence-electron chi connectivity index (χ0n) is 6.64. The number of benzene rings is 1. The Labute approximate surface area is 84.8 Å². The molecule has 0 aromatic heterocycles. The Hall–Kier alpha value is -0.930.